The van der Waals surface area contributed by atoms with Crippen LogP contribution in [0.3, 0.4) is 0 Å². The molecule has 0 heterocycles. The minimum atomic E-state index is -3.22. The highest BCUT2D eigenvalue weighted by molar-refractivity contribution is 7.88. The molecular formula is C12H20N2O2S. The van der Waals surface area contributed by atoms with Gasteiger partial charge in [0.1, 0.15) is 0 Å². The van der Waals surface area contributed by atoms with Crippen LogP contribution in [-0.4, -0.2) is 28.1 Å². The van der Waals surface area contributed by atoms with Crippen molar-refractivity contribution in [2.75, 3.05) is 19.6 Å². The van der Waals surface area contributed by atoms with E-state index < -0.39 is 10.0 Å². The first kappa shape index (κ1) is 14.2. The van der Waals surface area contributed by atoms with Crippen LogP contribution >= 0.6 is 0 Å². The van der Waals surface area contributed by atoms with E-state index in [2.05, 4.69) is 10.0 Å². The number of likely N-dealkylation sites (N-methyl/N-ethyl adjacent to an activating group) is 1. The van der Waals surface area contributed by atoms with Gasteiger partial charge in [-0.15, -0.1) is 0 Å². The molecule has 0 aliphatic heterocycles. The van der Waals surface area contributed by atoms with Gasteiger partial charge >= 0.3 is 0 Å². The molecule has 0 aliphatic rings. The lowest BCUT2D eigenvalue weighted by molar-refractivity contribution is 0.576. The molecule has 0 saturated heterocycles. The first-order chi connectivity index (χ1) is 8.03. The summed E-state index contributed by atoms with van der Waals surface area (Å²) in [5.41, 5.74) is 1.89. The molecule has 0 bridgehead atoms. The quantitative estimate of drug-likeness (QED) is 0.716. The molecule has 1 rings (SSSR count). The van der Waals surface area contributed by atoms with Gasteiger partial charge in [0.05, 0.1) is 5.75 Å². The van der Waals surface area contributed by atoms with Crippen molar-refractivity contribution < 1.29 is 8.42 Å². The van der Waals surface area contributed by atoms with E-state index in [1.54, 1.807) is 0 Å². The SMILES string of the molecule is CCNCCNS(=O)(=O)Cc1cccc(C)c1. The molecule has 4 nitrogen and oxygen atoms in total. The molecule has 1 aromatic carbocycles. The summed E-state index contributed by atoms with van der Waals surface area (Å²) in [4.78, 5) is 0. The normalized spacial score (nSPS) is 11.6. The Kier molecular flexibility index (Phi) is 5.61. The van der Waals surface area contributed by atoms with E-state index >= 15 is 0 Å². The van der Waals surface area contributed by atoms with Crippen molar-refractivity contribution >= 4 is 10.0 Å². The Morgan fingerprint density at radius 1 is 1.24 bits per heavy atom. The number of aryl methyl sites for hydroxylation is 1. The highest BCUT2D eigenvalue weighted by atomic mass is 32.2. The summed E-state index contributed by atoms with van der Waals surface area (Å²) >= 11 is 0. The lowest BCUT2D eigenvalue weighted by Crippen LogP contribution is -2.32. The fourth-order valence-electron chi connectivity index (χ4n) is 1.54. The molecule has 1 aromatic rings. The average molecular weight is 256 g/mol. The molecule has 0 saturated carbocycles. The molecular weight excluding hydrogens is 236 g/mol. The monoisotopic (exact) mass is 256 g/mol. The van der Waals surface area contributed by atoms with E-state index in [0.29, 0.717) is 13.1 Å². The Hall–Kier alpha value is -0.910. The summed E-state index contributed by atoms with van der Waals surface area (Å²) < 4.78 is 26.0. The van der Waals surface area contributed by atoms with Crippen LogP contribution in [0.1, 0.15) is 18.1 Å². The molecule has 0 amide bonds. The summed E-state index contributed by atoms with van der Waals surface area (Å²) in [5, 5.41) is 3.07. The first-order valence-corrected chi connectivity index (χ1v) is 7.42. The van der Waals surface area contributed by atoms with Gasteiger partial charge < -0.3 is 5.32 Å². The van der Waals surface area contributed by atoms with Crippen LogP contribution in [0.15, 0.2) is 24.3 Å². The standard InChI is InChI=1S/C12H20N2O2S/c1-3-13-7-8-14-17(15,16)10-12-6-4-5-11(2)9-12/h4-6,9,13-14H,3,7-8,10H2,1-2H3. The number of rotatable bonds is 7. The summed E-state index contributed by atoms with van der Waals surface area (Å²) in [7, 11) is -3.22. The predicted octanol–water partition coefficient (Wildman–Crippen LogP) is 1.02. The Morgan fingerprint density at radius 2 is 2.00 bits per heavy atom. The largest absolute Gasteiger partial charge is 0.316 e. The van der Waals surface area contributed by atoms with Crippen LogP contribution in [0, 0.1) is 6.92 Å². The molecule has 0 radical (unpaired) electrons. The van der Waals surface area contributed by atoms with Crippen molar-refractivity contribution in [2.45, 2.75) is 19.6 Å². The van der Waals surface area contributed by atoms with Gasteiger partial charge in [-0.25, -0.2) is 13.1 Å². The van der Waals surface area contributed by atoms with Crippen molar-refractivity contribution in [3.05, 3.63) is 35.4 Å². The van der Waals surface area contributed by atoms with Crippen molar-refractivity contribution in [1.29, 1.82) is 0 Å². The van der Waals surface area contributed by atoms with Crippen molar-refractivity contribution in [3.8, 4) is 0 Å². The van der Waals surface area contributed by atoms with E-state index in [4.69, 9.17) is 0 Å². The molecule has 0 unspecified atom stereocenters. The topological polar surface area (TPSA) is 58.2 Å². The Balaban J connectivity index is 2.49. The summed E-state index contributed by atoms with van der Waals surface area (Å²) in [6, 6.07) is 7.55. The van der Waals surface area contributed by atoms with Crippen LogP contribution in [0.25, 0.3) is 0 Å². The second-order valence-electron chi connectivity index (χ2n) is 4.00. The van der Waals surface area contributed by atoms with E-state index in [1.807, 2.05) is 38.1 Å². The Morgan fingerprint density at radius 3 is 2.65 bits per heavy atom. The maximum absolute atomic E-state index is 11.7. The highest BCUT2D eigenvalue weighted by Gasteiger charge is 2.10. The van der Waals surface area contributed by atoms with Crippen molar-refractivity contribution in [1.82, 2.24) is 10.0 Å². The number of hydrogen-bond acceptors (Lipinski definition) is 3. The number of hydrogen-bond donors (Lipinski definition) is 2. The molecule has 0 fully saturated rings. The van der Waals surface area contributed by atoms with Crippen molar-refractivity contribution in [3.63, 3.8) is 0 Å². The van der Waals surface area contributed by atoms with Gasteiger partial charge in [-0.3, -0.25) is 0 Å². The molecule has 0 spiro atoms. The predicted molar refractivity (Wildman–Crippen MR) is 70.3 cm³/mol. The number of benzene rings is 1. The molecule has 0 aromatic heterocycles. The fraction of sp³-hybridized carbons (Fsp3) is 0.500. The molecule has 2 N–H and O–H groups in total. The minimum absolute atomic E-state index is 0.0425. The lowest BCUT2D eigenvalue weighted by atomic mass is 10.2. The van der Waals surface area contributed by atoms with Gasteiger partial charge in [0.25, 0.3) is 0 Å². The Labute approximate surface area is 103 Å². The molecule has 17 heavy (non-hydrogen) atoms. The van der Waals surface area contributed by atoms with Gasteiger partial charge in [0.2, 0.25) is 10.0 Å². The molecule has 0 atom stereocenters. The number of sulfonamides is 1. The summed E-state index contributed by atoms with van der Waals surface area (Å²) in [6.45, 7) is 5.88. The van der Waals surface area contributed by atoms with Gasteiger partial charge in [-0.1, -0.05) is 36.8 Å². The third kappa shape index (κ3) is 5.81. The minimum Gasteiger partial charge on any atom is -0.316 e. The number of nitrogens with one attached hydrogen (secondary N) is 2. The fourth-order valence-corrected chi connectivity index (χ4v) is 2.68. The highest BCUT2D eigenvalue weighted by Crippen LogP contribution is 2.07. The van der Waals surface area contributed by atoms with E-state index in [-0.39, 0.29) is 5.75 Å². The maximum atomic E-state index is 11.7. The van der Waals surface area contributed by atoms with Crippen LogP contribution in [0.2, 0.25) is 0 Å². The summed E-state index contributed by atoms with van der Waals surface area (Å²) in [6.07, 6.45) is 0. The second-order valence-corrected chi connectivity index (χ2v) is 5.80. The van der Waals surface area contributed by atoms with Crippen LogP contribution in [0.5, 0.6) is 0 Å². The zero-order valence-corrected chi connectivity index (χ0v) is 11.2. The van der Waals surface area contributed by atoms with E-state index in [9.17, 15) is 8.42 Å². The Bertz CT molecular complexity index is 444. The van der Waals surface area contributed by atoms with Gasteiger partial charge in [0.15, 0.2) is 0 Å². The molecule has 0 aliphatic carbocycles. The zero-order valence-electron chi connectivity index (χ0n) is 10.4. The van der Waals surface area contributed by atoms with Crippen LogP contribution < -0.4 is 10.0 Å². The van der Waals surface area contributed by atoms with Gasteiger partial charge in [-0.05, 0) is 19.0 Å². The lowest BCUT2D eigenvalue weighted by Gasteiger charge is -2.07. The summed E-state index contributed by atoms with van der Waals surface area (Å²) in [5.74, 6) is 0.0425. The van der Waals surface area contributed by atoms with E-state index in [0.717, 1.165) is 17.7 Å². The maximum Gasteiger partial charge on any atom is 0.215 e. The third-order valence-electron chi connectivity index (χ3n) is 2.31. The molecule has 5 heteroatoms. The smallest absolute Gasteiger partial charge is 0.215 e. The molecule has 96 valence electrons. The first-order valence-electron chi connectivity index (χ1n) is 5.77. The van der Waals surface area contributed by atoms with Crippen molar-refractivity contribution in [2.24, 2.45) is 0 Å². The van der Waals surface area contributed by atoms with Gasteiger partial charge in [0, 0.05) is 13.1 Å². The van der Waals surface area contributed by atoms with Crippen LogP contribution in [0.4, 0.5) is 0 Å². The van der Waals surface area contributed by atoms with Crippen LogP contribution in [-0.2, 0) is 15.8 Å². The van der Waals surface area contributed by atoms with Gasteiger partial charge in [-0.2, -0.15) is 0 Å². The second kappa shape index (κ2) is 6.74. The van der Waals surface area contributed by atoms with E-state index in [1.165, 1.54) is 0 Å². The third-order valence-corrected chi connectivity index (χ3v) is 3.67. The average Bonchev–Trinajstić information content (AvgIpc) is 2.24. The zero-order chi connectivity index (χ0) is 12.7.